The summed E-state index contributed by atoms with van der Waals surface area (Å²) >= 11 is 0. The van der Waals surface area contributed by atoms with E-state index >= 15 is 0 Å². The predicted octanol–water partition coefficient (Wildman–Crippen LogP) is 3.10. The topological polar surface area (TPSA) is 34.2 Å². The smallest absolute Gasteiger partial charge is 0.0482 e. The third kappa shape index (κ3) is 2.92. The molecule has 1 saturated heterocycles. The summed E-state index contributed by atoms with van der Waals surface area (Å²) in [4.78, 5) is 2.61. The number of nitrogen functional groups attached to an aromatic ring is 1. The zero-order chi connectivity index (χ0) is 13.1. The molecule has 1 aromatic heterocycles. The standard InChI is InChI=1S/C16H23N3/c17-15-5-6-16-14(13-15)7-10-19(16)12-11-18-8-3-1-2-4-9-18/h5-7,10,13H,1-4,8-9,11-12,17H2. The normalized spacial score (nSPS) is 17.7. The lowest BCUT2D eigenvalue weighted by molar-refractivity contribution is 0.274. The Hall–Kier alpha value is -1.48. The van der Waals surface area contributed by atoms with Crippen molar-refractivity contribution in [3.05, 3.63) is 30.5 Å². The van der Waals surface area contributed by atoms with Gasteiger partial charge in [0.1, 0.15) is 0 Å². The van der Waals surface area contributed by atoms with E-state index in [1.54, 1.807) is 0 Å². The monoisotopic (exact) mass is 257 g/mol. The maximum Gasteiger partial charge on any atom is 0.0482 e. The first-order chi connectivity index (χ1) is 9.33. The van der Waals surface area contributed by atoms with Gasteiger partial charge in [-0.3, -0.25) is 0 Å². The molecule has 1 aromatic carbocycles. The summed E-state index contributed by atoms with van der Waals surface area (Å²) in [6.07, 6.45) is 7.72. The molecule has 3 heteroatoms. The Labute approximate surface area is 115 Å². The molecule has 0 aliphatic carbocycles. The van der Waals surface area contributed by atoms with Crippen molar-refractivity contribution >= 4 is 16.6 Å². The molecule has 0 amide bonds. The lowest BCUT2D eigenvalue weighted by atomic mass is 10.2. The first-order valence-corrected chi connectivity index (χ1v) is 7.40. The van der Waals surface area contributed by atoms with E-state index in [4.69, 9.17) is 5.73 Å². The third-order valence-electron chi connectivity index (χ3n) is 4.15. The van der Waals surface area contributed by atoms with E-state index in [1.807, 2.05) is 6.07 Å². The van der Waals surface area contributed by atoms with Crippen LogP contribution < -0.4 is 5.73 Å². The Bertz CT molecular complexity index is 536. The fraction of sp³-hybridized carbons (Fsp3) is 0.500. The second kappa shape index (κ2) is 5.66. The largest absolute Gasteiger partial charge is 0.399 e. The van der Waals surface area contributed by atoms with Crippen LogP contribution in [-0.4, -0.2) is 29.1 Å². The van der Waals surface area contributed by atoms with Gasteiger partial charge >= 0.3 is 0 Å². The van der Waals surface area contributed by atoms with E-state index in [2.05, 4.69) is 33.9 Å². The van der Waals surface area contributed by atoms with E-state index in [0.717, 1.165) is 18.8 Å². The highest BCUT2D eigenvalue weighted by Gasteiger charge is 2.09. The Morgan fingerprint density at radius 3 is 2.53 bits per heavy atom. The third-order valence-corrected chi connectivity index (χ3v) is 4.15. The maximum atomic E-state index is 5.82. The highest BCUT2D eigenvalue weighted by atomic mass is 15.1. The average molecular weight is 257 g/mol. The second-order valence-corrected chi connectivity index (χ2v) is 5.58. The van der Waals surface area contributed by atoms with E-state index < -0.39 is 0 Å². The van der Waals surface area contributed by atoms with Crippen LogP contribution in [0.2, 0.25) is 0 Å². The van der Waals surface area contributed by atoms with Gasteiger partial charge in [-0.2, -0.15) is 0 Å². The number of nitrogens with two attached hydrogens (primary N) is 1. The molecule has 1 fully saturated rings. The Kier molecular flexibility index (Phi) is 3.74. The quantitative estimate of drug-likeness (QED) is 0.857. The molecule has 2 aromatic rings. The first-order valence-electron chi connectivity index (χ1n) is 7.40. The zero-order valence-electron chi connectivity index (χ0n) is 11.5. The van der Waals surface area contributed by atoms with Crippen molar-refractivity contribution in [1.82, 2.24) is 9.47 Å². The fourth-order valence-electron chi connectivity index (χ4n) is 3.02. The van der Waals surface area contributed by atoms with Gasteiger partial charge in [0.15, 0.2) is 0 Å². The van der Waals surface area contributed by atoms with Gasteiger partial charge in [-0.25, -0.2) is 0 Å². The molecule has 1 aliphatic heterocycles. The lowest BCUT2D eigenvalue weighted by Gasteiger charge is -2.20. The molecule has 2 N–H and O–H groups in total. The fourth-order valence-corrected chi connectivity index (χ4v) is 3.02. The van der Waals surface area contributed by atoms with Crippen LogP contribution in [0.3, 0.4) is 0 Å². The molecule has 1 aliphatic rings. The average Bonchev–Trinajstić information content (AvgIpc) is 2.63. The van der Waals surface area contributed by atoms with Gasteiger partial charge in [0.2, 0.25) is 0 Å². The highest BCUT2D eigenvalue weighted by Crippen LogP contribution is 2.19. The van der Waals surface area contributed by atoms with E-state index in [1.165, 1.54) is 49.7 Å². The molecule has 19 heavy (non-hydrogen) atoms. The summed E-state index contributed by atoms with van der Waals surface area (Å²) in [6, 6.07) is 8.34. The number of anilines is 1. The van der Waals surface area contributed by atoms with Crippen LogP contribution in [0.4, 0.5) is 5.69 Å². The van der Waals surface area contributed by atoms with Crippen molar-refractivity contribution in [2.24, 2.45) is 0 Å². The molecule has 102 valence electrons. The molecule has 3 nitrogen and oxygen atoms in total. The summed E-state index contributed by atoms with van der Waals surface area (Å²) in [5.41, 5.74) is 7.96. The molecule has 0 saturated carbocycles. The summed E-state index contributed by atoms with van der Waals surface area (Å²) < 4.78 is 2.35. The minimum Gasteiger partial charge on any atom is -0.399 e. The van der Waals surface area contributed by atoms with Crippen LogP contribution >= 0.6 is 0 Å². The highest BCUT2D eigenvalue weighted by molar-refractivity contribution is 5.83. The molecule has 0 spiro atoms. The van der Waals surface area contributed by atoms with Crippen LogP contribution in [0, 0.1) is 0 Å². The number of nitrogens with zero attached hydrogens (tertiary/aromatic N) is 2. The van der Waals surface area contributed by atoms with Crippen molar-refractivity contribution in [2.45, 2.75) is 32.2 Å². The number of fused-ring (bicyclic) bond motifs is 1. The summed E-state index contributed by atoms with van der Waals surface area (Å²) in [7, 11) is 0. The molecule has 0 radical (unpaired) electrons. The van der Waals surface area contributed by atoms with Crippen LogP contribution in [0.1, 0.15) is 25.7 Å². The summed E-state index contributed by atoms with van der Waals surface area (Å²) in [5.74, 6) is 0. The molecule has 0 atom stereocenters. The van der Waals surface area contributed by atoms with Crippen LogP contribution in [-0.2, 0) is 6.54 Å². The van der Waals surface area contributed by atoms with Gasteiger partial charge in [0.05, 0.1) is 0 Å². The van der Waals surface area contributed by atoms with Crippen LogP contribution in [0.5, 0.6) is 0 Å². The molecular weight excluding hydrogens is 234 g/mol. The van der Waals surface area contributed by atoms with E-state index in [-0.39, 0.29) is 0 Å². The molecular formula is C16H23N3. The second-order valence-electron chi connectivity index (χ2n) is 5.58. The molecule has 0 bridgehead atoms. The van der Waals surface area contributed by atoms with Crippen molar-refractivity contribution in [2.75, 3.05) is 25.4 Å². The van der Waals surface area contributed by atoms with Gasteiger partial charge in [-0.15, -0.1) is 0 Å². The van der Waals surface area contributed by atoms with Gasteiger partial charge in [-0.1, -0.05) is 12.8 Å². The number of rotatable bonds is 3. The van der Waals surface area contributed by atoms with Crippen molar-refractivity contribution in [3.8, 4) is 0 Å². The van der Waals surface area contributed by atoms with Crippen molar-refractivity contribution in [3.63, 3.8) is 0 Å². The molecule has 0 unspecified atom stereocenters. The van der Waals surface area contributed by atoms with Crippen LogP contribution in [0.15, 0.2) is 30.5 Å². The SMILES string of the molecule is Nc1ccc2c(ccn2CCN2CCCCCC2)c1. The summed E-state index contributed by atoms with van der Waals surface area (Å²) in [5, 5.41) is 1.25. The van der Waals surface area contributed by atoms with E-state index in [9.17, 15) is 0 Å². The first kappa shape index (κ1) is 12.5. The van der Waals surface area contributed by atoms with Gasteiger partial charge in [0, 0.05) is 35.9 Å². The number of hydrogen-bond acceptors (Lipinski definition) is 2. The van der Waals surface area contributed by atoms with Gasteiger partial charge < -0.3 is 15.2 Å². The van der Waals surface area contributed by atoms with Crippen molar-refractivity contribution in [1.29, 1.82) is 0 Å². The summed E-state index contributed by atoms with van der Waals surface area (Å²) in [6.45, 7) is 4.78. The minimum absolute atomic E-state index is 0.845. The Morgan fingerprint density at radius 2 is 1.74 bits per heavy atom. The number of benzene rings is 1. The number of hydrogen-bond donors (Lipinski definition) is 1. The van der Waals surface area contributed by atoms with Gasteiger partial charge in [0.25, 0.3) is 0 Å². The lowest BCUT2D eigenvalue weighted by Crippen LogP contribution is -2.28. The van der Waals surface area contributed by atoms with Crippen molar-refractivity contribution < 1.29 is 0 Å². The predicted molar refractivity (Wildman–Crippen MR) is 81.3 cm³/mol. The minimum atomic E-state index is 0.845. The number of likely N-dealkylation sites (tertiary alicyclic amines) is 1. The Balaban J connectivity index is 1.67. The Morgan fingerprint density at radius 1 is 0.947 bits per heavy atom. The number of aromatic nitrogens is 1. The molecule has 3 rings (SSSR count). The maximum absolute atomic E-state index is 5.82. The van der Waals surface area contributed by atoms with Crippen LogP contribution in [0.25, 0.3) is 10.9 Å². The molecule has 2 heterocycles. The van der Waals surface area contributed by atoms with E-state index in [0.29, 0.717) is 0 Å². The zero-order valence-corrected chi connectivity index (χ0v) is 11.5. The van der Waals surface area contributed by atoms with Gasteiger partial charge in [-0.05, 0) is 50.2 Å².